The van der Waals surface area contributed by atoms with E-state index in [0.29, 0.717) is 5.02 Å². The molecule has 1 atom stereocenters. The second-order valence-corrected chi connectivity index (χ2v) is 2.69. The minimum absolute atomic E-state index is 0.104. The van der Waals surface area contributed by atoms with E-state index >= 15 is 0 Å². The van der Waals surface area contributed by atoms with Crippen molar-refractivity contribution >= 4 is 17.6 Å². The molecule has 0 amide bonds. The van der Waals surface area contributed by atoms with Crippen LogP contribution in [-0.4, -0.2) is 11.1 Å². The third kappa shape index (κ3) is 1.95. The van der Waals surface area contributed by atoms with Crippen molar-refractivity contribution in [2.24, 2.45) is 0 Å². The van der Waals surface area contributed by atoms with Crippen LogP contribution in [-0.2, 0) is 4.79 Å². The molecule has 0 heterocycles. The Morgan fingerprint density at radius 1 is 1.42 bits per heavy atom. The molecule has 0 radical (unpaired) electrons. The van der Waals surface area contributed by atoms with Gasteiger partial charge in [-0.2, -0.15) is 0 Å². The number of benzene rings is 1. The maximum Gasteiger partial charge on any atom is 0.343 e. The molecule has 1 aromatic carbocycles. The average Bonchev–Trinajstić information content (AvgIpc) is 2.04. The predicted molar refractivity (Wildman–Crippen MR) is 42.9 cm³/mol. The number of hydrogen-bond donors (Lipinski definition) is 1. The summed E-state index contributed by atoms with van der Waals surface area (Å²) in [6.45, 7) is 0. The monoisotopic (exact) mass is 188 g/mol. The summed E-state index contributed by atoms with van der Waals surface area (Å²) >= 11 is 5.53. The number of carbonyl (C=O) groups is 1. The molecule has 12 heavy (non-hydrogen) atoms. The van der Waals surface area contributed by atoms with Crippen molar-refractivity contribution in [3.63, 3.8) is 0 Å². The molecule has 0 aliphatic rings. The Balaban J connectivity index is 2.89. The first-order chi connectivity index (χ1) is 5.61. The smallest absolute Gasteiger partial charge is 0.343 e. The van der Waals surface area contributed by atoms with Gasteiger partial charge in [0, 0.05) is 5.02 Å². The topological polar surface area (TPSA) is 37.3 Å². The fourth-order valence-corrected chi connectivity index (χ4v) is 0.900. The summed E-state index contributed by atoms with van der Waals surface area (Å²) in [6.07, 6.45) is -1.97. The molecule has 1 unspecified atom stereocenters. The van der Waals surface area contributed by atoms with E-state index in [1.807, 2.05) is 0 Å². The van der Waals surface area contributed by atoms with E-state index in [-0.39, 0.29) is 5.56 Å². The normalized spacial score (nSPS) is 12.5. The standard InChI is InChI=1S/C8H6ClFO2/c9-6-3-1-5(2-4-6)7(10)8(11)12/h1-4,7H,(H,11,12). The number of alkyl halides is 1. The highest BCUT2D eigenvalue weighted by Gasteiger charge is 2.17. The molecular weight excluding hydrogens is 183 g/mol. The van der Waals surface area contributed by atoms with Crippen molar-refractivity contribution in [2.45, 2.75) is 6.17 Å². The van der Waals surface area contributed by atoms with Crippen molar-refractivity contribution in [1.29, 1.82) is 0 Å². The van der Waals surface area contributed by atoms with Crippen LogP contribution < -0.4 is 0 Å². The molecule has 0 fully saturated rings. The number of aliphatic carboxylic acids is 1. The zero-order chi connectivity index (χ0) is 9.14. The summed E-state index contributed by atoms with van der Waals surface area (Å²) in [7, 11) is 0. The van der Waals surface area contributed by atoms with Crippen molar-refractivity contribution in [3.8, 4) is 0 Å². The van der Waals surface area contributed by atoms with Gasteiger partial charge in [0.15, 0.2) is 0 Å². The van der Waals surface area contributed by atoms with E-state index in [1.165, 1.54) is 24.3 Å². The molecule has 1 N–H and O–H groups in total. The van der Waals surface area contributed by atoms with Crippen molar-refractivity contribution in [1.82, 2.24) is 0 Å². The molecule has 1 aromatic rings. The summed E-state index contributed by atoms with van der Waals surface area (Å²) in [5.41, 5.74) is 0.104. The van der Waals surface area contributed by atoms with Gasteiger partial charge in [0.2, 0.25) is 6.17 Å². The molecule has 2 nitrogen and oxygen atoms in total. The van der Waals surface area contributed by atoms with E-state index in [2.05, 4.69) is 0 Å². The molecule has 0 aromatic heterocycles. The fraction of sp³-hybridized carbons (Fsp3) is 0.125. The van der Waals surface area contributed by atoms with Crippen LogP contribution in [0.5, 0.6) is 0 Å². The molecule has 0 aliphatic heterocycles. The first-order valence-corrected chi connectivity index (χ1v) is 3.61. The van der Waals surface area contributed by atoms with Gasteiger partial charge in [0.1, 0.15) is 0 Å². The number of carboxylic acids is 1. The highest BCUT2D eigenvalue weighted by atomic mass is 35.5. The lowest BCUT2D eigenvalue weighted by molar-refractivity contribution is -0.143. The Morgan fingerprint density at radius 2 is 1.92 bits per heavy atom. The minimum Gasteiger partial charge on any atom is -0.479 e. The Bertz CT molecular complexity index is 284. The molecule has 0 spiro atoms. The molecule has 0 bridgehead atoms. The second-order valence-electron chi connectivity index (χ2n) is 2.25. The average molecular weight is 189 g/mol. The van der Waals surface area contributed by atoms with Crippen LogP contribution in [0.2, 0.25) is 5.02 Å². The van der Waals surface area contributed by atoms with E-state index in [4.69, 9.17) is 16.7 Å². The van der Waals surface area contributed by atoms with E-state index in [9.17, 15) is 9.18 Å². The summed E-state index contributed by atoms with van der Waals surface area (Å²) in [4.78, 5) is 10.2. The van der Waals surface area contributed by atoms with Crippen LogP contribution >= 0.6 is 11.6 Å². The number of rotatable bonds is 2. The van der Waals surface area contributed by atoms with Crippen LogP contribution in [0.1, 0.15) is 11.7 Å². The van der Waals surface area contributed by atoms with E-state index in [0.717, 1.165) is 0 Å². The summed E-state index contributed by atoms with van der Waals surface area (Å²) < 4.78 is 12.7. The largest absolute Gasteiger partial charge is 0.479 e. The number of hydrogen-bond acceptors (Lipinski definition) is 1. The molecule has 4 heteroatoms. The summed E-state index contributed by atoms with van der Waals surface area (Å²) in [5.74, 6) is -1.49. The lowest BCUT2D eigenvalue weighted by Crippen LogP contribution is -2.05. The minimum atomic E-state index is -1.97. The van der Waals surface area contributed by atoms with E-state index in [1.54, 1.807) is 0 Å². The number of carboxylic acid groups (broad SMARTS) is 1. The first kappa shape index (κ1) is 9.00. The summed E-state index contributed by atoms with van der Waals surface area (Å²) in [5, 5.41) is 8.75. The molecule has 64 valence electrons. The van der Waals surface area contributed by atoms with Crippen LogP contribution in [0, 0.1) is 0 Å². The van der Waals surface area contributed by atoms with Gasteiger partial charge < -0.3 is 5.11 Å². The van der Waals surface area contributed by atoms with Gasteiger partial charge in [-0.05, 0) is 17.7 Å². The Labute approximate surface area is 73.6 Å². The van der Waals surface area contributed by atoms with Crippen molar-refractivity contribution in [3.05, 3.63) is 34.9 Å². The van der Waals surface area contributed by atoms with Crippen LogP contribution in [0.3, 0.4) is 0 Å². The predicted octanol–water partition coefficient (Wildman–Crippen LogP) is 2.44. The lowest BCUT2D eigenvalue weighted by Gasteiger charge is -2.01. The maximum atomic E-state index is 12.7. The zero-order valence-corrected chi connectivity index (χ0v) is 6.75. The first-order valence-electron chi connectivity index (χ1n) is 3.23. The third-order valence-corrected chi connectivity index (χ3v) is 1.63. The lowest BCUT2D eigenvalue weighted by atomic mass is 10.1. The van der Waals surface area contributed by atoms with Gasteiger partial charge >= 0.3 is 5.97 Å². The summed E-state index contributed by atoms with van der Waals surface area (Å²) in [6, 6.07) is 5.60. The van der Waals surface area contributed by atoms with Crippen LogP contribution in [0.25, 0.3) is 0 Å². The van der Waals surface area contributed by atoms with Gasteiger partial charge in [-0.15, -0.1) is 0 Å². The van der Waals surface area contributed by atoms with Crippen LogP contribution in [0.15, 0.2) is 24.3 Å². The van der Waals surface area contributed by atoms with Crippen LogP contribution in [0.4, 0.5) is 4.39 Å². The van der Waals surface area contributed by atoms with E-state index < -0.39 is 12.1 Å². The Kier molecular flexibility index (Phi) is 2.65. The Hall–Kier alpha value is -1.09. The highest BCUT2D eigenvalue weighted by molar-refractivity contribution is 6.30. The van der Waals surface area contributed by atoms with Crippen molar-refractivity contribution < 1.29 is 14.3 Å². The van der Waals surface area contributed by atoms with Gasteiger partial charge in [-0.1, -0.05) is 23.7 Å². The zero-order valence-electron chi connectivity index (χ0n) is 6.00. The Morgan fingerprint density at radius 3 is 2.33 bits per heavy atom. The highest BCUT2D eigenvalue weighted by Crippen LogP contribution is 2.19. The molecule has 0 saturated heterocycles. The SMILES string of the molecule is O=C(O)C(F)c1ccc(Cl)cc1. The molecule has 1 rings (SSSR count). The maximum absolute atomic E-state index is 12.7. The van der Waals surface area contributed by atoms with Gasteiger partial charge in [0.05, 0.1) is 0 Å². The third-order valence-electron chi connectivity index (χ3n) is 1.38. The molecule has 0 saturated carbocycles. The quantitative estimate of drug-likeness (QED) is 0.774. The van der Waals surface area contributed by atoms with Crippen molar-refractivity contribution in [2.75, 3.05) is 0 Å². The van der Waals surface area contributed by atoms with Gasteiger partial charge in [-0.25, -0.2) is 9.18 Å². The fourth-order valence-electron chi connectivity index (χ4n) is 0.774. The molecule has 0 aliphatic carbocycles. The number of halogens is 2. The molecular formula is C8H6ClFO2. The van der Waals surface area contributed by atoms with Gasteiger partial charge in [-0.3, -0.25) is 0 Å². The second kappa shape index (κ2) is 3.54. The van der Waals surface area contributed by atoms with Gasteiger partial charge in [0.25, 0.3) is 0 Å².